The summed E-state index contributed by atoms with van der Waals surface area (Å²) in [4.78, 5) is 23.9. The maximum atomic E-state index is 12.1. The maximum Gasteiger partial charge on any atom is 0.434 e. The number of carbonyl (C=O) groups is 2. The molecule has 0 aliphatic carbocycles. The minimum Gasteiger partial charge on any atom is -0.438 e. The Morgan fingerprint density at radius 1 is 1.13 bits per heavy atom. The van der Waals surface area contributed by atoms with Crippen molar-refractivity contribution in [1.82, 2.24) is 19.8 Å². The van der Waals surface area contributed by atoms with Crippen LogP contribution in [0.4, 0.5) is 10.5 Å². The molecule has 30 heavy (non-hydrogen) atoms. The molecular weight excluding hydrogens is 426 g/mol. The van der Waals surface area contributed by atoms with Crippen LogP contribution in [0.1, 0.15) is 45.4 Å². The number of hydroxylamine groups is 2. The van der Waals surface area contributed by atoms with Gasteiger partial charge in [-0.15, -0.1) is 35.5 Å². The van der Waals surface area contributed by atoms with Crippen LogP contribution in [0.5, 0.6) is 0 Å². The van der Waals surface area contributed by atoms with Gasteiger partial charge in [-0.1, -0.05) is 45.1 Å². The molecule has 2 aromatic rings. The summed E-state index contributed by atoms with van der Waals surface area (Å²) in [6.45, 7) is 1.80. The first-order chi connectivity index (χ1) is 14.4. The van der Waals surface area contributed by atoms with E-state index in [4.69, 9.17) is 4.74 Å². The summed E-state index contributed by atoms with van der Waals surface area (Å²) < 4.78 is 6.44. The SMILES string of the molecule is CCCCCCCCN(O)C(=O)OCC(=O)Nc1cccc(-n2c(S)nnc2S)c1. The molecular formula is C19H27N5O4S2. The number of anilines is 1. The molecule has 0 aliphatic rings. The number of thiol groups is 2. The Morgan fingerprint density at radius 2 is 1.80 bits per heavy atom. The molecule has 9 nitrogen and oxygen atoms in total. The van der Waals surface area contributed by atoms with Gasteiger partial charge in [-0.25, -0.2) is 4.79 Å². The van der Waals surface area contributed by atoms with Gasteiger partial charge in [-0.05, 0) is 24.6 Å². The zero-order chi connectivity index (χ0) is 21.9. The molecule has 2 amide bonds. The van der Waals surface area contributed by atoms with Gasteiger partial charge in [0, 0.05) is 5.69 Å². The zero-order valence-corrected chi connectivity index (χ0v) is 18.6. The number of hydrogen-bond donors (Lipinski definition) is 4. The number of rotatable bonds is 11. The number of hydrogen-bond acceptors (Lipinski definition) is 8. The van der Waals surface area contributed by atoms with Crippen LogP contribution in [0.3, 0.4) is 0 Å². The molecule has 11 heteroatoms. The monoisotopic (exact) mass is 453 g/mol. The number of nitrogens with one attached hydrogen (secondary N) is 1. The van der Waals surface area contributed by atoms with Crippen molar-refractivity contribution in [1.29, 1.82) is 0 Å². The lowest BCUT2D eigenvalue weighted by Gasteiger charge is -2.15. The average molecular weight is 454 g/mol. The van der Waals surface area contributed by atoms with Crippen LogP contribution in [-0.4, -0.2) is 50.2 Å². The van der Waals surface area contributed by atoms with Crippen molar-refractivity contribution in [2.45, 2.75) is 55.8 Å². The van der Waals surface area contributed by atoms with Crippen LogP contribution in [-0.2, 0) is 9.53 Å². The molecule has 1 heterocycles. The van der Waals surface area contributed by atoms with E-state index in [-0.39, 0.29) is 6.54 Å². The third-order valence-electron chi connectivity index (χ3n) is 4.28. The molecule has 1 aromatic heterocycles. The third kappa shape index (κ3) is 7.54. The van der Waals surface area contributed by atoms with Crippen molar-refractivity contribution in [3.63, 3.8) is 0 Å². The Balaban J connectivity index is 1.77. The number of ether oxygens (including phenoxy) is 1. The van der Waals surface area contributed by atoms with Crippen molar-refractivity contribution < 1.29 is 19.5 Å². The second kappa shape index (κ2) is 12.5. The van der Waals surface area contributed by atoms with Crippen LogP contribution < -0.4 is 5.32 Å². The van der Waals surface area contributed by atoms with Crippen molar-refractivity contribution in [2.75, 3.05) is 18.5 Å². The van der Waals surface area contributed by atoms with Crippen LogP contribution in [0, 0.1) is 0 Å². The van der Waals surface area contributed by atoms with E-state index in [9.17, 15) is 14.8 Å². The Kier molecular flexibility index (Phi) is 9.98. The number of amides is 2. The van der Waals surface area contributed by atoms with Gasteiger partial charge in [0.1, 0.15) is 0 Å². The largest absolute Gasteiger partial charge is 0.438 e. The molecule has 0 saturated heterocycles. The van der Waals surface area contributed by atoms with Gasteiger partial charge < -0.3 is 10.1 Å². The van der Waals surface area contributed by atoms with Crippen molar-refractivity contribution in [2.24, 2.45) is 0 Å². The lowest BCUT2D eigenvalue weighted by molar-refractivity contribution is -0.121. The van der Waals surface area contributed by atoms with E-state index >= 15 is 0 Å². The minimum absolute atomic E-state index is 0.172. The number of nitrogens with zero attached hydrogens (tertiary/aromatic N) is 4. The lowest BCUT2D eigenvalue weighted by Crippen LogP contribution is -2.31. The summed E-state index contributed by atoms with van der Waals surface area (Å²) >= 11 is 8.44. The summed E-state index contributed by atoms with van der Waals surface area (Å²) in [7, 11) is 0. The Labute approximate surface area is 186 Å². The second-order valence-electron chi connectivity index (χ2n) is 6.68. The zero-order valence-electron chi connectivity index (χ0n) is 16.8. The fraction of sp³-hybridized carbons (Fsp3) is 0.474. The highest BCUT2D eigenvalue weighted by Gasteiger charge is 2.15. The third-order valence-corrected chi connectivity index (χ3v) is 4.86. The van der Waals surface area contributed by atoms with Crippen LogP contribution in [0.2, 0.25) is 0 Å². The minimum atomic E-state index is -0.948. The van der Waals surface area contributed by atoms with Gasteiger partial charge in [0.05, 0.1) is 12.2 Å². The van der Waals surface area contributed by atoms with Gasteiger partial charge in [-0.3, -0.25) is 14.6 Å². The molecule has 2 rings (SSSR count). The predicted molar refractivity (Wildman–Crippen MR) is 118 cm³/mol. The molecule has 0 unspecified atom stereocenters. The molecule has 0 atom stereocenters. The summed E-state index contributed by atoms with van der Waals surface area (Å²) in [5, 5.41) is 21.2. The highest BCUT2D eigenvalue weighted by molar-refractivity contribution is 7.80. The lowest BCUT2D eigenvalue weighted by atomic mass is 10.1. The van der Waals surface area contributed by atoms with Gasteiger partial charge in [0.25, 0.3) is 5.91 Å². The summed E-state index contributed by atoms with van der Waals surface area (Å²) in [6.07, 6.45) is 5.22. The van der Waals surface area contributed by atoms with Gasteiger partial charge in [-0.2, -0.15) is 5.06 Å². The Morgan fingerprint density at radius 3 is 2.50 bits per heavy atom. The van der Waals surface area contributed by atoms with E-state index in [0.29, 0.717) is 33.2 Å². The fourth-order valence-corrected chi connectivity index (χ4v) is 3.34. The van der Waals surface area contributed by atoms with Gasteiger partial charge in [0.2, 0.25) is 0 Å². The first kappa shape index (κ1) is 24.0. The first-order valence-electron chi connectivity index (χ1n) is 9.79. The summed E-state index contributed by atoms with van der Waals surface area (Å²) in [5.74, 6) is -0.533. The van der Waals surface area contributed by atoms with E-state index in [2.05, 4.69) is 47.7 Å². The molecule has 0 radical (unpaired) electrons. The van der Waals surface area contributed by atoms with Gasteiger partial charge >= 0.3 is 6.09 Å². The average Bonchev–Trinajstić information content (AvgIpc) is 3.06. The normalized spacial score (nSPS) is 10.7. The van der Waals surface area contributed by atoms with E-state index in [1.165, 1.54) is 6.42 Å². The topological polar surface area (TPSA) is 110 Å². The van der Waals surface area contributed by atoms with Crippen LogP contribution in [0.25, 0.3) is 5.69 Å². The smallest absolute Gasteiger partial charge is 0.434 e. The standard InChI is InChI=1S/C19H27N5O4S2/c1-2-3-4-5-6-7-11-23(27)19(26)28-13-16(25)20-14-9-8-10-15(12-14)24-17(29)21-22-18(24)30/h8-10,12,27H,2-7,11,13H2,1H3,(H,20,25)(H,21,29)(H,22,30). The predicted octanol–water partition coefficient (Wildman–Crippen LogP) is 3.97. The molecule has 0 fully saturated rings. The quantitative estimate of drug-likeness (QED) is 0.177. The fourth-order valence-electron chi connectivity index (χ4n) is 2.75. The number of carbonyl (C=O) groups excluding carboxylic acids is 2. The highest BCUT2D eigenvalue weighted by Crippen LogP contribution is 2.21. The number of benzene rings is 1. The molecule has 1 aromatic carbocycles. The van der Waals surface area contributed by atoms with Crippen LogP contribution >= 0.6 is 25.3 Å². The highest BCUT2D eigenvalue weighted by atomic mass is 32.1. The van der Waals surface area contributed by atoms with E-state index in [1.54, 1.807) is 28.8 Å². The van der Waals surface area contributed by atoms with Crippen LogP contribution in [0.15, 0.2) is 34.6 Å². The van der Waals surface area contributed by atoms with Gasteiger partial charge in [0.15, 0.2) is 16.9 Å². The van der Waals surface area contributed by atoms with Crippen molar-refractivity contribution in [3.05, 3.63) is 24.3 Å². The Bertz CT molecular complexity index is 827. The molecule has 164 valence electrons. The number of unbranched alkanes of at least 4 members (excludes halogenated alkanes) is 5. The number of aromatic nitrogens is 3. The van der Waals surface area contributed by atoms with E-state index in [1.807, 2.05) is 0 Å². The summed E-state index contributed by atoms with van der Waals surface area (Å²) in [5.41, 5.74) is 1.14. The molecule has 0 saturated carbocycles. The first-order valence-corrected chi connectivity index (χ1v) is 10.7. The van der Waals surface area contributed by atoms with E-state index in [0.717, 1.165) is 25.7 Å². The second-order valence-corrected chi connectivity index (χ2v) is 7.48. The Hall–Kier alpha value is -2.24. The van der Waals surface area contributed by atoms with E-state index < -0.39 is 18.6 Å². The molecule has 0 spiro atoms. The molecule has 0 bridgehead atoms. The van der Waals surface area contributed by atoms with Crippen molar-refractivity contribution in [3.8, 4) is 5.69 Å². The van der Waals surface area contributed by atoms with Crippen molar-refractivity contribution >= 4 is 42.9 Å². The summed E-state index contributed by atoms with van der Waals surface area (Å²) in [6, 6.07) is 6.87. The molecule has 2 N–H and O–H groups in total. The maximum absolute atomic E-state index is 12.1. The molecule has 0 aliphatic heterocycles.